The highest BCUT2D eigenvalue weighted by Crippen LogP contribution is 2.26. The van der Waals surface area contributed by atoms with Crippen molar-refractivity contribution in [2.75, 3.05) is 5.32 Å². The summed E-state index contributed by atoms with van der Waals surface area (Å²) in [6, 6.07) is 7.16. The van der Waals surface area contributed by atoms with Crippen LogP contribution in [-0.2, 0) is 15.8 Å². The van der Waals surface area contributed by atoms with Crippen LogP contribution in [0.1, 0.15) is 24.7 Å². The number of carboxylic acid groups (broad SMARTS) is 1. The van der Waals surface area contributed by atoms with Crippen LogP contribution in [0.2, 0.25) is 0 Å². The normalized spacial score (nSPS) is 16.2. The Labute approximate surface area is 157 Å². The van der Waals surface area contributed by atoms with E-state index in [0.717, 1.165) is 23.7 Å². The van der Waals surface area contributed by atoms with E-state index in [2.05, 4.69) is 25.8 Å². The molecule has 0 saturated heterocycles. The van der Waals surface area contributed by atoms with Gasteiger partial charge < -0.3 is 10.4 Å². The van der Waals surface area contributed by atoms with E-state index in [1.165, 1.54) is 0 Å². The van der Waals surface area contributed by atoms with Gasteiger partial charge >= 0.3 is 6.18 Å². The van der Waals surface area contributed by atoms with Gasteiger partial charge in [0, 0.05) is 18.0 Å². The van der Waals surface area contributed by atoms with Gasteiger partial charge in [-0.1, -0.05) is 19.1 Å². The lowest BCUT2D eigenvalue weighted by Crippen LogP contribution is -2.31. The molecule has 1 aromatic heterocycles. The first-order valence-corrected chi connectivity index (χ1v) is 7.95. The zero-order chi connectivity index (χ0) is 20.7. The molecule has 1 atom stereocenters. The number of alkyl halides is 3. The maximum absolute atomic E-state index is 12.4. The second-order valence-corrected chi connectivity index (χ2v) is 5.74. The predicted octanol–water partition coefficient (Wildman–Crippen LogP) is 2.80. The number of carbonyl (C=O) groups is 2. The molecule has 3 N–H and O–H groups in total. The Morgan fingerprint density at radius 1 is 1.18 bits per heavy atom. The van der Waals surface area contributed by atoms with Crippen LogP contribution in [0.3, 0.4) is 0 Å². The van der Waals surface area contributed by atoms with E-state index in [1.807, 2.05) is 19.1 Å². The van der Waals surface area contributed by atoms with Crippen LogP contribution >= 0.6 is 0 Å². The zero-order valence-electron chi connectivity index (χ0n) is 14.6. The van der Waals surface area contributed by atoms with Gasteiger partial charge in [-0.2, -0.15) is 18.3 Å². The minimum atomic E-state index is -4.56. The standard InChI is InChI=1S/C16H14F3N5O.CH2O2/c1-9-6-13(25)23-24-14(9)10-2-4-11(5-3-10)22-12-7-20-15(21-8-12)16(17,18)19;2-1-3/h2-5,7-9,22H,6H2,1H3,(H,23,25);1H,(H,2,3)/t9-;/m1./s1. The summed E-state index contributed by atoms with van der Waals surface area (Å²) in [6.45, 7) is 1.67. The summed E-state index contributed by atoms with van der Waals surface area (Å²) < 4.78 is 37.3. The largest absolute Gasteiger partial charge is 0.483 e. The molecule has 0 saturated carbocycles. The highest BCUT2D eigenvalue weighted by Gasteiger charge is 2.34. The first-order valence-electron chi connectivity index (χ1n) is 7.95. The highest BCUT2D eigenvalue weighted by atomic mass is 19.4. The average molecular weight is 395 g/mol. The number of hydrazone groups is 1. The number of nitrogens with one attached hydrogen (secondary N) is 2. The van der Waals surface area contributed by atoms with Gasteiger partial charge in [-0.15, -0.1) is 0 Å². The number of aromatic nitrogens is 2. The molecule has 0 radical (unpaired) electrons. The number of benzene rings is 1. The summed E-state index contributed by atoms with van der Waals surface area (Å²) in [4.78, 5) is 26.2. The van der Waals surface area contributed by atoms with E-state index in [-0.39, 0.29) is 18.3 Å². The average Bonchev–Trinajstić information content (AvgIpc) is 2.63. The van der Waals surface area contributed by atoms with Gasteiger partial charge in [0.05, 0.1) is 23.8 Å². The Morgan fingerprint density at radius 3 is 2.25 bits per heavy atom. The minimum Gasteiger partial charge on any atom is -0.483 e. The molecule has 1 aliphatic rings. The lowest BCUT2D eigenvalue weighted by atomic mass is 9.94. The number of carbonyl (C=O) groups excluding carboxylic acids is 1. The molecule has 1 aromatic carbocycles. The molecule has 0 spiro atoms. The van der Waals surface area contributed by atoms with Crippen LogP contribution in [0.25, 0.3) is 0 Å². The molecular weight excluding hydrogens is 379 g/mol. The number of amides is 1. The lowest BCUT2D eigenvalue weighted by molar-refractivity contribution is -0.145. The van der Waals surface area contributed by atoms with E-state index in [9.17, 15) is 18.0 Å². The van der Waals surface area contributed by atoms with Crippen LogP contribution in [-0.4, -0.2) is 33.2 Å². The fourth-order valence-corrected chi connectivity index (χ4v) is 2.43. The maximum Gasteiger partial charge on any atom is 0.451 e. The van der Waals surface area contributed by atoms with Crippen LogP contribution < -0.4 is 10.7 Å². The highest BCUT2D eigenvalue weighted by molar-refractivity contribution is 6.05. The fourth-order valence-electron chi connectivity index (χ4n) is 2.43. The van der Waals surface area contributed by atoms with Crippen LogP contribution in [0.15, 0.2) is 41.8 Å². The second-order valence-electron chi connectivity index (χ2n) is 5.74. The number of halogens is 3. The van der Waals surface area contributed by atoms with Crippen LogP contribution in [0.5, 0.6) is 0 Å². The summed E-state index contributed by atoms with van der Waals surface area (Å²) in [5.74, 6) is -1.28. The van der Waals surface area contributed by atoms with Gasteiger partial charge in [0.1, 0.15) is 0 Å². The molecule has 0 unspecified atom stereocenters. The molecule has 148 valence electrons. The van der Waals surface area contributed by atoms with Gasteiger partial charge in [-0.25, -0.2) is 15.4 Å². The first-order chi connectivity index (χ1) is 13.2. The van der Waals surface area contributed by atoms with E-state index >= 15 is 0 Å². The third kappa shape index (κ3) is 5.50. The SMILES string of the molecule is C[C@@H]1CC(=O)NN=C1c1ccc(Nc2cnc(C(F)(F)F)nc2)cc1.O=CO. The van der Waals surface area contributed by atoms with E-state index in [1.54, 1.807) is 12.1 Å². The molecule has 0 fully saturated rings. The molecule has 11 heteroatoms. The van der Waals surface area contributed by atoms with Crippen molar-refractivity contribution in [3.8, 4) is 0 Å². The summed E-state index contributed by atoms with van der Waals surface area (Å²) in [6.07, 6.45) is -2.03. The van der Waals surface area contributed by atoms with Crippen molar-refractivity contribution in [1.29, 1.82) is 0 Å². The van der Waals surface area contributed by atoms with Gasteiger partial charge in [-0.05, 0) is 17.7 Å². The summed E-state index contributed by atoms with van der Waals surface area (Å²) in [5, 5.41) is 13.9. The number of hydrogen-bond acceptors (Lipinski definition) is 6. The Morgan fingerprint density at radius 2 is 1.75 bits per heavy atom. The molecule has 2 aromatic rings. The molecule has 1 aliphatic heterocycles. The third-order valence-electron chi connectivity index (χ3n) is 3.63. The monoisotopic (exact) mass is 395 g/mol. The smallest absolute Gasteiger partial charge is 0.451 e. The minimum absolute atomic E-state index is 0.0101. The van der Waals surface area contributed by atoms with Crippen molar-refractivity contribution in [3.63, 3.8) is 0 Å². The molecule has 0 aliphatic carbocycles. The first kappa shape index (κ1) is 20.8. The Bertz CT molecular complexity index is 852. The molecular formula is C17H16F3N5O3. The predicted molar refractivity (Wildman–Crippen MR) is 93.9 cm³/mol. The van der Waals surface area contributed by atoms with Gasteiger partial charge in [0.15, 0.2) is 0 Å². The van der Waals surface area contributed by atoms with Crippen molar-refractivity contribution < 1.29 is 27.9 Å². The van der Waals surface area contributed by atoms with E-state index in [4.69, 9.17) is 9.90 Å². The Kier molecular flexibility index (Phi) is 6.64. The van der Waals surface area contributed by atoms with Crippen molar-refractivity contribution >= 4 is 29.5 Å². The number of nitrogens with zero attached hydrogens (tertiary/aromatic N) is 3. The Balaban J connectivity index is 0.000000878. The van der Waals surface area contributed by atoms with Gasteiger partial charge in [0.25, 0.3) is 6.47 Å². The van der Waals surface area contributed by atoms with E-state index in [0.29, 0.717) is 17.8 Å². The molecule has 0 bridgehead atoms. The zero-order valence-corrected chi connectivity index (χ0v) is 14.6. The van der Waals surface area contributed by atoms with Crippen molar-refractivity contribution in [3.05, 3.63) is 48.0 Å². The van der Waals surface area contributed by atoms with Crippen molar-refractivity contribution in [2.24, 2.45) is 11.0 Å². The molecule has 28 heavy (non-hydrogen) atoms. The summed E-state index contributed by atoms with van der Waals surface area (Å²) in [5.41, 5.74) is 5.11. The molecule has 3 rings (SSSR count). The van der Waals surface area contributed by atoms with Crippen molar-refractivity contribution in [1.82, 2.24) is 15.4 Å². The molecule has 8 nitrogen and oxygen atoms in total. The van der Waals surface area contributed by atoms with E-state index < -0.39 is 12.0 Å². The molecule has 1 amide bonds. The van der Waals surface area contributed by atoms with Gasteiger partial charge in [-0.3, -0.25) is 9.59 Å². The third-order valence-corrected chi connectivity index (χ3v) is 3.63. The number of hydrogen-bond donors (Lipinski definition) is 3. The topological polar surface area (TPSA) is 117 Å². The summed E-state index contributed by atoms with van der Waals surface area (Å²) >= 11 is 0. The maximum atomic E-state index is 12.4. The Hall–Kier alpha value is -3.50. The van der Waals surface area contributed by atoms with Crippen LogP contribution in [0, 0.1) is 5.92 Å². The fraction of sp³-hybridized carbons (Fsp3) is 0.235. The number of anilines is 2. The second kappa shape index (κ2) is 8.93. The quantitative estimate of drug-likeness (QED) is 0.688. The number of rotatable bonds is 3. The van der Waals surface area contributed by atoms with Crippen molar-refractivity contribution in [2.45, 2.75) is 19.5 Å². The lowest BCUT2D eigenvalue weighted by Gasteiger charge is -2.19. The van der Waals surface area contributed by atoms with Crippen LogP contribution in [0.4, 0.5) is 24.5 Å². The van der Waals surface area contributed by atoms with Gasteiger partial charge in [0.2, 0.25) is 11.7 Å². The molecule has 2 heterocycles. The summed E-state index contributed by atoms with van der Waals surface area (Å²) in [7, 11) is 0.